The first-order valence-electron chi connectivity index (χ1n) is 10.3. The molecule has 0 spiro atoms. The molecule has 168 valence electrons. The van der Waals surface area contributed by atoms with Crippen molar-refractivity contribution in [2.24, 2.45) is 4.99 Å². The van der Waals surface area contributed by atoms with Crippen LogP contribution in [0.4, 0.5) is 5.69 Å². The van der Waals surface area contributed by atoms with Gasteiger partial charge in [0.2, 0.25) is 5.91 Å². The number of nitrogens with one attached hydrogen (secondary N) is 3. The predicted octanol–water partition coefficient (Wildman–Crippen LogP) is 2.96. The van der Waals surface area contributed by atoms with Crippen molar-refractivity contribution in [2.75, 3.05) is 38.7 Å². The third-order valence-electron chi connectivity index (χ3n) is 4.99. The largest absolute Gasteiger partial charge is 0.379 e. The number of ether oxygens (including phenoxy) is 1. The van der Waals surface area contributed by atoms with E-state index in [1.165, 1.54) is 18.1 Å². The van der Waals surface area contributed by atoms with E-state index in [1.807, 2.05) is 24.3 Å². The predicted molar refractivity (Wildman–Crippen MR) is 136 cm³/mol. The van der Waals surface area contributed by atoms with Crippen LogP contribution < -0.4 is 16.0 Å². The zero-order valence-electron chi connectivity index (χ0n) is 18.2. The topological polar surface area (TPSA) is 78.0 Å². The van der Waals surface area contributed by atoms with Gasteiger partial charge in [-0.05, 0) is 28.8 Å². The summed E-state index contributed by atoms with van der Waals surface area (Å²) in [5.74, 6) is 0.662. The van der Waals surface area contributed by atoms with E-state index in [9.17, 15) is 4.79 Å². The molecule has 1 amide bonds. The number of aliphatic imine (C=N–C) groups is 1. The van der Waals surface area contributed by atoms with Crippen molar-refractivity contribution < 1.29 is 9.53 Å². The van der Waals surface area contributed by atoms with Crippen molar-refractivity contribution in [3.63, 3.8) is 0 Å². The lowest BCUT2D eigenvalue weighted by atomic mass is 10.1. The number of guanidine groups is 1. The van der Waals surface area contributed by atoms with Gasteiger partial charge in [-0.2, -0.15) is 0 Å². The second-order valence-electron chi connectivity index (χ2n) is 7.32. The third kappa shape index (κ3) is 8.47. The monoisotopic (exact) mass is 537 g/mol. The highest BCUT2D eigenvalue weighted by molar-refractivity contribution is 14.0. The van der Waals surface area contributed by atoms with Crippen LogP contribution in [0.15, 0.2) is 53.5 Å². The molecule has 0 aliphatic carbocycles. The molecule has 1 heterocycles. The average molecular weight is 537 g/mol. The molecule has 31 heavy (non-hydrogen) atoms. The number of carbonyl (C=O) groups excluding carboxylic acids is 1. The fraction of sp³-hybridized carbons (Fsp3) is 0.391. The van der Waals surface area contributed by atoms with E-state index in [0.717, 1.165) is 50.1 Å². The Labute approximate surface area is 201 Å². The number of benzene rings is 2. The number of nitrogens with zero attached hydrogens (tertiary/aromatic N) is 2. The maximum atomic E-state index is 11.2. The van der Waals surface area contributed by atoms with Crippen LogP contribution in [-0.4, -0.2) is 50.1 Å². The Bertz CT molecular complexity index is 869. The highest BCUT2D eigenvalue weighted by atomic mass is 127. The van der Waals surface area contributed by atoms with Crippen molar-refractivity contribution >= 4 is 41.5 Å². The maximum Gasteiger partial charge on any atom is 0.221 e. The minimum Gasteiger partial charge on any atom is -0.379 e. The Morgan fingerprint density at radius 2 is 1.74 bits per heavy atom. The molecule has 0 atom stereocenters. The molecule has 0 saturated carbocycles. The van der Waals surface area contributed by atoms with Crippen molar-refractivity contribution in [1.29, 1.82) is 0 Å². The Balaban J connectivity index is 0.00000341. The second-order valence-corrected chi connectivity index (χ2v) is 7.32. The molecule has 1 aliphatic rings. The third-order valence-corrected chi connectivity index (χ3v) is 4.99. The van der Waals surface area contributed by atoms with Gasteiger partial charge < -0.3 is 20.7 Å². The molecule has 1 aliphatic heterocycles. The number of morpholine rings is 1. The summed E-state index contributed by atoms with van der Waals surface area (Å²) in [5, 5.41) is 9.55. The Morgan fingerprint density at radius 3 is 2.45 bits per heavy atom. The van der Waals surface area contributed by atoms with Crippen LogP contribution in [0, 0.1) is 0 Å². The molecule has 3 N–H and O–H groups in total. The summed E-state index contributed by atoms with van der Waals surface area (Å²) in [6, 6.07) is 16.3. The van der Waals surface area contributed by atoms with Crippen LogP contribution in [0.3, 0.4) is 0 Å². The van der Waals surface area contributed by atoms with Crippen LogP contribution in [0.2, 0.25) is 0 Å². The number of hydrogen-bond acceptors (Lipinski definition) is 4. The fourth-order valence-corrected chi connectivity index (χ4v) is 3.43. The van der Waals surface area contributed by atoms with Gasteiger partial charge in [-0.1, -0.05) is 36.4 Å². The number of halogens is 1. The fourth-order valence-electron chi connectivity index (χ4n) is 3.43. The van der Waals surface area contributed by atoms with E-state index < -0.39 is 0 Å². The molecule has 2 aromatic carbocycles. The zero-order chi connectivity index (χ0) is 21.2. The lowest BCUT2D eigenvalue weighted by Gasteiger charge is -2.27. The van der Waals surface area contributed by atoms with E-state index in [1.54, 1.807) is 7.05 Å². The van der Waals surface area contributed by atoms with Crippen LogP contribution in [-0.2, 0) is 29.2 Å². The highest BCUT2D eigenvalue weighted by Gasteiger charge is 2.12. The lowest BCUT2D eigenvalue weighted by Crippen LogP contribution is -2.37. The molecule has 0 unspecified atom stereocenters. The van der Waals surface area contributed by atoms with Crippen molar-refractivity contribution in [1.82, 2.24) is 15.5 Å². The first-order valence-corrected chi connectivity index (χ1v) is 10.3. The van der Waals surface area contributed by atoms with Gasteiger partial charge in [0.25, 0.3) is 0 Å². The summed E-state index contributed by atoms with van der Waals surface area (Å²) in [6.45, 7) is 7.32. The molecule has 8 heteroatoms. The molecule has 0 radical (unpaired) electrons. The molecule has 0 aromatic heterocycles. The first kappa shape index (κ1) is 25.1. The van der Waals surface area contributed by atoms with Gasteiger partial charge in [0.1, 0.15) is 0 Å². The van der Waals surface area contributed by atoms with Crippen molar-refractivity contribution in [3.8, 4) is 0 Å². The van der Waals surface area contributed by atoms with Gasteiger partial charge in [0.15, 0.2) is 5.96 Å². The van der Waals surface area contributed by atoms with E-state index in [0.29, 0.717) is 13.1 Å². The zero-order valence-corrected chi connectivity index (χ0v) is 20.5. The molecular weight excluding hydrogens is 505 g/mol. The van der Waals surface area contributed by atoms with Crippen LogP contribution >= 0.6 is 24.0 Å². The van der Waals surface area contributed by atoms with E-state index in [4.69, 9.17) is 4.74 Å². The van der Waals surface area contributed by atoms with Crippen LogP contribution in [0.25, 0.3) is 0 Å². The van der Waals surface area contributed by atoms with Crippen molar-refractivity contribution in [3.05, 3.63) is 65.2 Å². The Hall–Kier alpha value is -2.17. The number of carbonyl (C=O) groups is 1. The molecule has 3 rings (SSSR count). The summed E-state index contributed by atoms with van der Waals surface area (Å²) < 4.78 is 5.45. The van der Waals surface area contributed by atoms with Crippen LogP contribution in [0.1, 0.15) is 23.6 Å². The molecule has 7 nitrogen and oxygen atoms in total. The maximum absolute atomic E-state index is 11.2. The lowest BCUT2D eigenvalue weighted by molar-refractivity contribution is -0.114. The number of rotatable bonds is 7. The summed E-state index contributed by atoms with van der Waals surface area (Å²) in [6.07, 6.45) is 0. The Morgan fingerprint density at radius 1 is 1.03 bits per heavy atom. The molecule has 1 fully saturated rings. The summed E-state index contributed by atoms with van der Waals surface area (Å²) in [7, 11) is 1.77. The van der Waals surface area contributed by atoms with Gasteiger partial charge in [-0.15, -0.1) is 24.0 Å². The van der Waals surface area contributed by atoms with E-state index in [-0.39, 0.29) is 29.9 Å². The first-order chi connectivity index (χ1) is 14.6. The second kappa shape index (κ2) is 13.3. The number of anilines is 1. The normalized spacial score (nSPS) is 14.5. The number of amides is 1. The summed E-state index contributed by atoms with van der Waals surface area (Å²) in [4.78, 5) is 18.0. The van der Waals surface area contributed by atoms with Gasteiger partial charge >= 0.3 is 0 Å². The number of hydrogen-bond donors (Lipinski definition) is 3. The van der Waals surface area contributed by atoms with Crippen LogP contribution in [0.5, 0.6) is 0 Å². The summed E-state index contributed by atoms with van der Waals surface area (Å²) >= 11 is 0. The smallest absolute Gasteiger partial charge is 0.221 e. The molecule has 2 aromatic rings. The standard InChI is InChI=1S/C23H31N5O2.HI/c1-18(29)27-22-9-5-6-19(14-22)15-25-23(24-2)26-16-20-7-3-4-8-21(20)17-28-10-12-30-13-11-28;/h3-9,14H,10-13,15-17H2,1-2H3,(H,27,29)(H2,24,25,26);1H. The molecule has 1 saturated heterocycles. The Kier molecular flexibility index (Phi) is 10.8. The summed E-state index contributed by atoms with van der Waals surface area (Å²) in [5.41, 5.74) is 4.45. The highest BCUT2D eigenvalue weighted by Crippen LogP contribution is 2.13. The average Bonchev–Trinajstić information content (AvgIpc) is 2.75. The van der Waals surface area contributed by atoms with Gasteiger partial charge in [0, 0.05) is 52.4 Å². The minimum atomic E-state index is -0.0756. The van der Waals surface area contributed by atoms with Crippen molar-refractivity contribution in [2.45, 2.75) is 26.6 Å². The molecule has 0 bridgehead atoms. The SMILES string of the molecule is CN=C(NCc1cccc(NC(C)=O)c1)NCc1ccccc1CN1CCOCC1.I. The van der Waals surface area contributed by atoms with Gasteiger partial charge in [0.05, 0.1) is 13.2 Å². The minimum absolute atomic E-state index is 0. The van der Waals surface area contributed by atoms with Gasteiger partial charge in [-0.3, -0.25) is 14.7 Å². The molecular formula is C23H32IN5O2. The quantitative estimate of drug-likeness (QED) is 0.288. The van der Waals surface area contributed by atoms with E-state index in [2.05, 4.69) is 50.1 Å². The van der Waals surface area contributed by atoms with E-state index >= 15 is 0 Å². The van der Waals surface area contributed by atoms with Gasteiger partial charge in [-0.25, -0.2) is 0 Å².